The molecule has 1 aliphatic heterocycles. The second-order valence-electron chi connectivity index (χ2n) is 8.51. The van der Waals surface area contributed by atoms with E-state index in [0.29, 0.717) is 18.7 Å². The molecule has 0 saturated carbocycles. The van der Waals surface area contributed by atoms with Gasteiger partial charge in [0, 0.05) is 32.2 Å². The minimum atomic E-state index is -0.170. The summed E-state index contributed by atoms with van der Waals surface area (Å²) >= 11 is 0. The number of nitrogens with one attached hydrogen (secondary N) is 2. The number of likely N-dealkylation sites (tertiary alicyclic amines) is 1. The molecule has 2 aromatic rings. The molecule has 32 heavy (non-hydrogen) atoms. The topological polar surface area (TPSA) is 52.1 Å². The van der Waals surface area contributed by atoms with E-state index in [4.69, 9.17) is 4.74 Å². The zero-order chi connectivity index (χ0) is 22.9. The Kier molecular flexibility index (Phi) is 8.88. The summed E-state index contributed by atoms with van der Waals surface area (Å²) in [6.45, 7) is 4.08. The van der Waals surface area contributed by atoms with E-state index in [-0.39, 0.29) is 11.9 Å². The average Bonchev–Trinajstić information content (AvgIpc) is 3.32. The number of guanidine groups is 1. The molecule has 1 heterocycles. The van der Waals surface area contributed by atoms with E-state index < -0.39 is 0 Å². The number of methoxy groups -OCH3 is 1. The van der Waals surface area contributed by atoms with Crippen molar-refractivity contribution in [2.75, 3.05) is 47.9 Å². The normalized spacial score (nSPS) is 15.8. The van der Waals surface area contributed by atoms with Crippen molar-refractivity contribution < 1.29 is 9.13 Å². The summed E-state index contributed by atoms with van der Waals surface area (Å²) in [5.74, 6) is 1.44. The molecule has 0 amide bonds. The first kappa shape index (κ1) is 24.0. The maximum Gasteiger partial charge on any atom is 0.191 e. The molecule has 0 aromatic heterocycles. The van der Waals surface area contributed by atoms with E-state index in [1.165, 1.54) is 24.5 Å². The molecular formula is C25H36FN5O. The summed E-state index contributed by atoms with van der Waals surface area (Å²) in [7, 11) is 7.35. The Morgan fingerprint density at radius 1 is 1.16 bits per heavy atom. The summed E-state index contributed by atoms with van der Waals surface area (Å²) in [5, 5.41) is 6.85. The predicted octanol–water partition coefficient (Wildman–Crippen LogP) is 3.40. The number of halogens is 1. The lowest BCUT2D eigenvalue weighted by molar-refractivity contribution is 0.245. The van der Waals surface area contributed by atoms with E-state index in [9.17, 15) is 4.39 Å². The highest BCUT2D eigenvalue weighted by molar-refractivity contribution is 5.79. The minimum absolute atomic E-state index is 0.170. The van der Waals surface area contributed by atoms with Gasteiger partial charge in [-0.05, 0) is 75.4 Å². The first-order valence-electron chi connectivity index (χ1n) is 11.2. The average molecular weight is 442 g/mol. The standard InChI is InChI=1S/C25H36FN5O/c1-27-25(28-16-19-10-11-23(26)21(14-19)18-30(2)3)29-17-24(31-12-5-6-13-31)20-8-7-9-22(15-20)32-4/h7-11,14-15,24H,5-6,12-13,16-18H2,1-4H3,(H2,27,28,29). The molecule has 7 heteroatoms. The quantitative estimate of drug-likeness (QED) is 0.462. The van der Waals surface area contributed by atoms with Gasteiger partial charge >= 0.3 is 0 Å². The molecule has 3 rings (SSSR count). The van der Waals surface area contributed by atoms with Crippen LogP contribution in [-0.4, -0.2) is 63.6 Å². The first-order valence-corrected chi connectivity index (χ1v) is 11.2. The molecule has 0 radical (unpaired) electrons. The molecule has 2 aromatic carbocycles. The maximum absolute atomic E-state index is 14.1. The van der Waals surface area contributed by atoms with Crippen molar-refractivity contribution in [3.05, 3.63) is 65.0 Å². The first-order chi connectivity index (χ1) is 15.5. The Hall–Kier alpha value is -2.64. The molecule has 1 aliphatic rings. The zero-order valence-corrected chi connectivity index (χ0v) is 19.7. The van der Waals surface area contributed by atoms with Crippen LogP contribution in [0.2, 0.25) is 0 Å². The van der Waals surface area contributed by atoms with E-state index in [1.807, 2.05) is 43.3 Å². The van der Waals surface area contributed by atoms with Gasteiger partial charge in [0.15, 0.2) is 5.96 Å². The number of rotatable bonds is 9. The van der Waals surface area contributed by atoms with E-state index in [1.54, 1.807) is 14.2 Å². The number of ether oxygens (including phenoxy) is 1. The van der Waals surface area contributed by atoms with Crippen molar-refractivity contribution in [3.63, 3.8) is 0 Å². The third kappa shape index (κ3) is 6.68. The van der Waals surface area contributed by atoms with Crippen molar-refractivity contribution in [2.45, 2.75) is 32.0 Å². The molecule has 0 bridgehead atoms. The van der Waals surface area contributed by atoms with Crippen LogP contribution in [0.1, 0.15) is 35.6 Å². The van der Waals surface area contributed by atoms with Crippen LogP contribution in [0.5, 0.6) is 5.75 Å². The second-order valence-corrected chi connectivity index (χ2v) is 8.51. The summed E-state index contributed by atoms with van der Waals surface area (Å²) in [6.07, 6.45) is 2.46. The van der Waals surface area contributed by atoms with Gasteiger partial charge in [0.2, 0.25) is 0 Å². The van der Waals surface area contributed by atoms with E-state index in [2.05, 4.69) is 32.7 Å². The van der Waals surface area contributed by atoms with Gasteiger partial charge in [0.25, 0.3) is 0 Å². The number of hydrogen-bond acceptors (Lipinski definition) is 4. The molecule has 1 unspecified atom stereocenters. The Morgan fingerprint density at radius 2 is 1.94 bits per heavy atom. The van der Waals surface area contributed by atoms with Crippen molar-refractivity contribution in [1.82, 2.24) is 20.4 Å². The minimum Gasteiger partial charge on any atom is -0.497 e. The van der Waals surface area contributed by atoms with Gasteiger partial charge in [-0.2, -0.15) is 0 Å². The van der Waals surface area contributed by atoms with E-state index in [0.717, 1.165) is 36.9 Å². The summed E-state index contributed by atoms with van der Waals surface area (Å²) in [6, 6.07) is 13.8. The fourth-order valence-corrected chi connectivity index (χ4v) is 4.16. The third-order valence-corrected chi connectivity index (χ3v) is 5.80. The molecule has 1 saturated heterocycles. The van der Waals surface area contributed by atoms with Gasteiger partial charge in [-0.3, -0.25) is 9.89 Å². The van der Waals surface area contributed by atoms with Gasteiger partial charge in [-0.25, -0.2) is 4.39 Å². The van der Waals surface area contributed by atoms with Crippen LogP contribution in [-0.2, 0) is 13.1 Å². The molecule has 0 aliphatic carbocycles. The van der Waals surface area contributed by atoms with Crippen LogP contribution in [0.15, 0.2) is 47.5 Å². The third-order valence-electron chi connectivity index (χ3n) is 5.80. The highest BCUT2D eigenvalue weighted by Gasteiger charge is 2.24. The molecule has 2 N–H and O–H groups in total. The summed E-state index contributed by atoms with van der Waals surface area (Å²) < 4.78 is 19.5. The zero-order valence-electron chi connectivity index (χ0n) is 19.7. The van der Waals surface area contributed by atoms with Crippen LogP contribution >= 0.6 is 0 Å². The number of benzene rings is 2. The lowest BCUT2D eigenvalue weighted by Gasteiger charge is -2.29. The van der Waals surface area contributed by atoms with Gasteiger partial charge in [0.1, 0.15) is 11.6 Å². The Labute approximate surface area is 191 Å². The van der Waals surface area contributed by atoms with Crippen molar-refractivity contribution in [3.8, 4) is 5.75 Å². The van der Waals surface area contributed by atoms with Gasteiger partial charge < -0.3 is 20.3 Å². The summed E-state index contributed by atoms with van der Waals surface area (Å²) in [4.78, 5) is 8.87. The van der Waals surface area contributed by atoms with Crippen LogP contribution in [0.4, 0.5) is 4.39 Å². The molecule has 1 fully saturated rings. The lowest BCUT2D eigenvalue weighted by atomic mass is 10.1. The van der Waals surface area contributed by atoms with Crippen LogP contribution < -0.4 is 15.4 Å². The molecule has 1 atom stereocenters. The maximum atomic E-state index is 14.1. The van der Waals surface area contributed by atoms with Crippen molar-refractivity contribution in [2.24, 2.45) is 4.99 Å². The van der Waals surface area contributed by atoms with Crippen molar-refractivity contribution >= 4 is 5.96 Å². The fraction of sp³-hybridized carbons (Fsp3) is 0.480. The smallest absolute Gasteiger partial charge is 0.191 e. The SMILES string of the molecule is CN=C(NCc1ccc(F)c(CN(C)C)c1)NCC(c1cccc(OC)c1)N1CCCC1. The second kappa shape index (κ2) is 11.8. The Bertz CT molecular complexity index is 896. The Balaban J connectivity index is 1.63. The fourth-order valence-electron chi connectivity index (χ4n) is 4.16. The number of nitrogens with zero attached hydrogens (tertiary/aromatic N) is 3. The van der Waals surface area contributed by atoms with Crippen LogP contribution in [0, 0.1) is 5.82 Å². The molecule has 0 spiro atoms. The highest BCUT2D eigenvalue weighted by Crippen LogP contribution is 2.27. The van der Waals surface area contributed by atoms with Gasteiger partial charge in [-0.1, -0.05) is 18.2 Å². The number of aliphatic imine (C=N–C) groups is 1. The highest BCUT2D eigenvalue weighted by atomic mass is 19.1. The summed E-state index contributed by atoms with van der Waals surface area (Å²) in [5.41, 5.74) is 2.96. The van der Waals surface area contributed by atoms with Crippen LogP contribution in [0.3, 0.4) is 0 Å². The molecular weight excluding hydrogens is 405 g/mol. The van der Waals surface area contributed by atoms with Crippen molar-refractivity contribution in [1.29, 1.82) is 0 Å². The van der Waals surface area contributed by atoms with Gasteiger partial charge in [0.05, 0.1) is 13.2 Å². The van der Waals surface area contributed by atoms with Crippen LogP contribution in [0.25, 0.3) is 0 Å². The Morgan fingerprint density at radius 3 is 2.62 bits per heavy atom. The van der Waals surface area contributed by atoms with E-state index >= 15 is 0 Å². The predicted molar refractivity (Wildman–Crippen MR) is 129 cm³/mol. The number of hydrogen-bond donors (Lipinski definition) is 2. The van der Waals surface area contributed by atoms with Gasteiger partial charge in [-0.15, -0.1) is 0 Å². The monoisotopic (exact) mass is 441 g/mol. The molecule has 174 valence electrons. The molecule has 6 nitrogen and oxygen atoms in total. The lowest BCUT2D eigenvalue weighted by Crippen LogP contribution is -2.42. The largest absolute Gasteiger partial charge is 0.497 e.